The van der Waals surface area contributed by atoms with Gasteiger partial charge in [0.2, 0.25) is 0 Å². The normalized spacial score (nSPS) is 16.2. The van der Waals surface area contributed by atoms with E-state index in [-0.39, 0.29) is 54.0 Å². The van der Waals surface area contributed by atoms with E-state index in [1.54, 1.807) is 24.0 Å². The first-order valence-electron chi connectivity index (χ1n) is 10.3. The number of rotatable bonds is 5. The van der Waals surface area contributed by atoms with E-state index >= 15 is 0 Å². The topological polar surface area (TPSA) is 115 Å². The molecule has 0 aliphatic carbocycles. The Morgan fingerprint density at radius 3 is 2.59 bits per heavy atom. The van der Waals surface area contributed by atoms with Crippen LogP contribution in [0.4, 0.5) is 20.3 Å². The first kappa shape index (κ1) is 23.9. The summed E-state index contributed by atoms with van der Waals surface area (Å²) in [6, 6.07) is 7.65. The number of aromatic nitrogens is 3. The van der Waals surface area contributed by atoms with E-state index in [9.17, 15) is 23.9 Å². The van der Waals surface area contributed by atoms with Crippen LogP contribution in [0.3, 0.4) is 0 Å². The molecule has 1 aromatic carbocycles. The van der Waals surface area contributed by atoms with Crippen molar-refractivity contribution in [3.63, 3.8) is 0 Å². The Morgan fingerprint density at radius 2 is 1.94 bits per heavy atom. The number of carboxylic acids is 1. The predicted molar refractivity (Wildman–Crippen MR) is 124 cm³/mol. The number of anilines is 2. The molecule has 4 rings (SSSR count). The van der Waals surface area contributed by atoms with Gasteiger partial charge in [0, 0.05) is 36.5 Å². The van der Waals surface area contributed by atoms with E-state index in [2.05, 4.69) is 20.3 Å². The number of nitriles is 1. The van der Waals surface area contributed by atoms with Gasteiger partial charge in [0.25, 0.3) is 5.92 Å². The summed E-state index contributed by atoms with van der Waals surface area (Å²) < 4.78 is 27.3. The number of carboxylic acid groups (broad SMARTS) is 1. The number of halogens is 4. The van der Waals surface area contributed by atoms with E-state index in [4.69, 9.17) is 23.2 Å². The lowest BCUT2D eigenvalue weighted by Gasteiger charge is -2.33. The van der Waals surface area contributed by atoms with Crippen LogP contribution in [0.5, 0.6) is 0 Å². The first-order valence-corrected chi connectivity index (χ1v) is 11.0. The smallest absolute Gasteiger partial charge is 0.356 e. The third-order valence-electron chi connectivity index (χ3n) is 5.55. The van der Waals surface area contributed by atoms with Crippen molar-refractivity contribution < 1.29 is 18.7 Å². The predicted octanol–water partition coefficient (Wildman–Crippen LogP) is 5.31. The van der Waals surface area contributed by atoms with Crippen molar-refractivity contribution in [1.29, 1.82) is 5.26 Å². The number of piperidine rings is 1. The Bertz CT molecular complexity index is 1320. The van der Waals surface area contributed by atoms with Crippen LogP contribution in [-0.2, 0) is 0 Å². The second kappa shape index (κ2) is 9.16. The van der Waals surface area contributed by atoms with Crippen LogP contribution in [0, 0.1) is 11.3 Å². The van der Waals surface area contributed by atoms with Gasteiger partial charge in [-0.05, 0) is 31.2 Å². The third kappa shape index (κ3) is 4.81. The maximum Gasteiger partial charge on any atom is 0.356 e. The SMILES string of the molecule is CC(Nc1ccc(Cl)nc1C(=O)O)c1cc(Cl)cc2nc(C#N)c(N3CCC(F)(F)CC3)nc12. The van der Waals surface area contributed by atoms with Crippen molar-refractivity contribution in [2.45, 2.75) is 31.7 Å². The van der Waals surface area contributed by atoms with Crippen LogP contribution in [0.15, 0.2) is 24.3 Å². The molecule has 3 aromatic rings. The molecule has 1 atom stereocenters. The van der Waals surface area contributed by atoms with Crippen molar-refractivity contribution in [1.82, 2.24) is 15.0 Å². The maximum absolute atomic E-state index is 13.7. The highest BCUT2D eigenvalue weighted by Gasteiger charge is 2.35. The molecule has 0 bridgehead atoms. The highest BCUT2D eigenvalue weighted by molar-refractivity contribution is 6.31. The number of nitrogens with zero attached hydrogens (tertiary/aromatic N) is 5. The minimum Gasteiger partial charge on any atom is -0.476 e. The highest BCUT2D eigenvalue weighted by Crippen LogP contribution is 2.34. The summed E-state index contributed by atoms with van der Waals surface area (Å²) in [5, 5.41) is 22.5. The van der Waals surface area contributed by atoms with Crippen molar-refractivity contribution in [2.75, 3.05) is 23.3 Å². The summed E-state index contributed by atoms with van der Waals surface area (Å²) in [4.78, 5) is 26.1. The largest absolute Gasteiger partial charge is 0.476 e. The number of pyridine rings is 1. The van der Waals surface area contributed by atoms with Crippen LogP contribution in [0.25, 0.3) is 11.0 Å². The lowest BCUT2D eigenvalue weighted by molar-refractivity contribution is -0.0221. The standard InChI is InChI=1S/C22H18Cl2F2N6O2/c1-11(28-14-2-3-17(24)30-19(14)21(33)34)13-8-12(23)9-15-18(13)31-20(16(10-27)29-15)32-6-4-22(25,26)5-7-32/h2-3,8-9,11,28H,4-7H2,1H3,(H,33,34). The average molecular weight is 507 g/mol. The highest BCUT2D eigenvalue weighted by atomic mass is 35.5. The summed E-state index contributed by atoms with van der Waals surface area (Å²) in [5.41, 5.74) is 1.34. The molecule has 1 aliphatic heterocycles. The van der Waals surface area contributed by atoms with Crippen molar-refractivity contribution >= 4 is 51.7 Å². The van der Waals surface area contributed by atoms with Crippen molar-refractivity contribution in [2.24, 2.45) is 0 Å². The Labute approximate surface area is 203 Å². The van der Waals surface area contributed by atoms with Gasteiger partial charge < -0.3 is 15.3 Å². The molecule has 0 radical (unpaired) electrons. The van der Waals surface area contributed by atoms with E-state index in [1.165, 1.54) is 12.1 Å². The molecule has 1 unspecified atom stereocenters. The summed E-state index contributed by atoms with van der Waals surface area (Å²) in [7, 11) is 0. The Balaban J connectivity index is 1.77. The molecule has 34 heavy (non-hydrogen) atoms. The Kier molecular flexibility index (Phi) is 6.43. The van der Waals surface area contributed by atoms with Crippen LogP contribution >= 0.6 is 23.2 Å². The van der Waals surface area contributed by atoms with Crippen LogP contribution in [0.2, 0.25) is 10.2 Å². The molecule has 2 aromatic heterocycles. The van der Waals surface area contributed by atoms with Crippen LogP contribution in [-0.4, -0.2) is 45.0 Å². The van der Waals surface area contributed by atoms with Crippen LogP contribution in [0.1, 0.15) is 47.6 Å². The molecule has 1 aliphatic rings. The van der Waals surface area contributed by atoms with Gasteiger partial charge in [0.05, 0.1) is 22.8 Å². The molecule has 0 saturated carbocycles. The van der Waals surface area contributed by atoms with E-state index in [0.717, 1.165) is 0 Å². The second-order valence-corrected chi connectivity index (χ2v) is 8.74. The molecule has 12 heteroatoms. The molecule has 1 fully saturated rings. The Hall–Kier alpha value is -3.29. The number of carbonyl (C=O) groups is 1. The van der Waals surface area contributed by atoms with Crippen LogP contribution < -0.4 is 10.2 Å². The molecule has 0 amide bonds. The van der Waals surface area contributed by atoms with Gasteiger partial charge in [0.1, 0.15) is 11.2 Å². The first-order chi connectivity index (χ1) is 16.1. The van der Waals surface area contributed by atoms with Gasteiger partial charge in [0.15, 0.2) is 17.2 Å². The van der Waals surface area contributed by atoms with E-state index in [1.807, 2.05) is 6.07 Å². The van der Waals surface area contributed by atoms with Gasteiger partial charge in [-0.25, -0.2) is 28.5 Å². The third-order valence-corrected chi connectivity index (χ3v) is 5.98. The fraction of sp³-hybridized carbons (Fsp3) is 0.318. The molecule has 176 valence electrons. The van der Waals surface area contributed by atoms with E-state index in [0.29, 0.717) is 21.6 Å². The number of benzene rings is 1. The number of nitrogens with one attached hydrogen (secondary N) is 1. The Morgan fingerprint density at radius 1 is 1.24 bits per heavy atom. The van der Waals surface area contributed by atoms with Gasteiger partial charge in [-0.2, -0.15) is 5.26 Å². The zero-order chi connectivity index (χ0) is 24.6. The molecule has 0 spiro atoms. The van der Waals surface area contributed by atoms with Gasteiger partial charge >= 0.3 is 5.97 Å². The number of hydrogen-bond donors (Lipinski definition) is 2. The number of hydrogen-bond acceptors (Lipinski definition) is 7. The van der Waals surface area contributed by atoms with Crippen molar-refractivity contribution in [3.05, 3.63) is 51.4 Å². The average Bonchev–Trinajstić information content (AvgIpc) is 2.78. The molecule has 2 N–H and O–H groups in total. The zero-order valence-electron chi connectivity index (χ0n) is 17.8. The quantitative estimate of drug-likeness (QED) is 0.447. The van der Waals surface area contributed by atoms with E-state index < -0.39 is 17.9 Å². The lowest BCUT2D eigenvalue weighted by Crippen LogP contribution is -2.40. The number of fused-ring (bicyclic) bond motifs is 1. The molecule has 8 nitrogen and oxygen atoms in total. The fourth-order valence-corrected chi connectivity index (χ4v) is 4.21. The summed E-state index contributed by atoms with van der Waals surface area (Å²) in [5.74, 6) is -3.78. The maximum atomic E-state index is 13.7. The van der Waals surface area contributed by atoms with Gasteiger partial charge in [-0.15, -0.1) is 0 Å². The summed E-state index contributed by atoms with van der Waals surface area (Å²) in [6.45, 7) is 1.85. The lowest BCUT2D eigenvalue weighted by atomic mass is 10.0. The van der Waals surface area contributed by atoms with Crippen molar-refractivity contribution in [3.8, 4) is 6.07 Å². The number of alkyl halides is 2. The molecular formula is C22H18Cl2F2N6O2. The molecule has 3 heterocycles. The minimum absolute atomic E-state index is 0.0154. The molecule has 1 saturated heterocycles. The van der Waals surface area contributed by atoms with Gasteiger partial charge in [-0.1, -0.05) is 23.2 Å². The minimum atomic E-state index is -2.75. The number of aromatic carboxylic acids is 1. The van der Waals surface area contributed by atoms with Gasteiger partial charge in [-0.3, -0.25) is 0 Å². The zero-order valence-corrected chi connectivity index (χ0v) is 19.3. The summed E-state index contributed by atoms with van der Waals surface area (Å²) in [6.07, 6.45) is -0.685. The second-order valence-electron chi connectivity index (χ2n) is 7.91. The molecular weight excluding hydrogens is 489 g/mol. The monoisotopic (exact) mass is 506 g/mol. The fourth-order valence-electron chi connectivity index (χ4n) is 3.84. The summed E-state index contributed by atoms with van der Waals surface area (Å²) >= 11 is 12.1.